The molecule has 15 heavy (non-hydrogen) atoms. The molecule has 0 saturated carbocycles. The Kier molecular flexibility index (Phi) is 5.36. The molecule has 0 radical (unpaired) electrons. The molecule has 6 nitrogen and oxygen atoms in total. The SMILES string of the molecule is CC(C(=O)O)C(CCC(=O)O)CC(=O)O. The maximum atomic E-state index is 10.6. The van der Waals surface area contributed by atoms with Gasteiger partial charge in [-0.15, -0.1) is 0 Å². The van der Waals surface area contributed by atoms with Crippen LogP contribution in [0, 0.1) is 11.8 Å². The van der Waals surface area contributed by atoms with E-state index >= 15 is 0 Å². The smallest absolute Gasteiger partial charge is 0.306 e. The predicted octanol–water partition coefficient (Wildman–Crippen LogP) is 0.663. The predicted molar refractivity (Wildman–Crippen MR) is 49.4 cm³/mol. The van der Waals surface area contributed by atoms with Crippen LogP contribution in [-0.2, 0) is 14.4 Å². The van der Waals surface area contributed by atoms with Crippen LogP contribution < -0.4 is 0 Å². The minimum absolute atomic E-state index is 0.0646. The fourth-order valence-corrected chi connectivity index (χ4v) is 1.26. The molecule has 0 aromatic rings. The first-order valence-corrected chi connectivity index (χ1v) is 4.51. The molecule has 0 rings (SSSR count). The molecule has 0 heterocycles. The highest BCUT2D eigenvalue weighted by Crippen LogP contribution is 2.21. The Morgan fingerprint density at radius 2 is 1.60 bits per heavy atom. The number of carboxylic acids is 3. The van der Waals surface area contributed by atoms with E-state index in [4.69, 9.17) is 15.3 Å². The summed E-state index contributed by atoms with van der Waals surface area (Å²) in [5.74, 6) is -4.76. The van der Waals surface area contributed by atoms with Crippen LogP contribution in [0.3, 0.4) is 0 Å². The Hall–Kier alpha value is -1.59. The van der Waals surface area contributed by atoms with E-state index in [2.05, 4.69) is 0 Å². The van der Waals surface area contributed by atoms with E-state index in [9.17, 15) is 14.4 Å². The van der Waals surface area contributed by atoms with Crippen LogP contribution in [0.4, 0.5) is 0 Å². The Bertz CT molecular complexity index is 259. The number of carboxylic acid groups (broad SMARTS) is 3. The molecule has 0 amide bonds. The number of hydrogen-bond acceptors (Lipinski definition) is 3. The summed E-state index contributed by atoms with van der Waals surface area (Å²) >= 11 is 0. The largest absolute Gasteiger partial charge is 0.481 e. The minimum atomic E-state index is -1.11. The summed E-state index contributed by atoms with van der Waals surface area (Å²) in [6.45, 7) is 1.39. The molecule has 0 aliphatic rings. The number of rotatable bonds is 7. The van der Waals surface area contributed by atoms with Crippen molar-refractivity contribution in [1.82, 2.24) is 0 Å². The maximum Gasteiger partial charge on any atom is 0.306 e. The third-order valence-corrected chi connectivity index (χ3v) is 2.26. The fraction of sp³-hybridized carbons (Fsp3) is 0.667. The van der Waals surface area contributed by atoms with Crippen LogP contribution in [0.1, 0.15) is 26.2 Å². The first kappa shape index (κ1) is 13.4. The lowest BCUT2D eigenvalue weighted by Crippen LogP contribution is -2.23. The zero-order valence-electron chi connectivity index (χ0n) is 8.34. The van der Waals surface area contributed by atoms with Crippen molar-refractivity contribution in [2.45, 2.75) is 26.2 Å². The van der Waals surface area contributed by atoms with Crippen molar-refractivity contribution >= 4 is 17.9 Å². The van der Waals surface area contributed by atoms with Gasteiger partial charge in [-0.05, 0) is 12.3 Å². The maximum absolute atomic E-state index is 10.6. The van der Waals surface area contributed by atoms with Gasteiger partial charge in [0, 0.05) is 12.8 Å². The van der Waals surface area contributed by atoms with Gasteiger partial charge in [0.2, 0.25) is 0 Å². The second kappa shape index (κ2) is 6.00. The van der Waals surface area contributed by atoms with Gasteiger partial charge in [-0.3, -0.25) is 14.4 Å². The summed E-state index contributed by atoms with van der Waals surface area (Å²) in [7, 11) is 0. The molecule has 0 aromatic carbocycles. The lowest BCUT2D eigenvalue weighted by atomic mass is 9.87. The van der Waals surface area contributed by atoms with Gasteiger partial charge in [-0.1, -0.05) is 6.92 Å². The average molecular weight is 218 g/mol. The third-order valence-electron chi connectivity index (χ3n) is 2.26. The highest BCUT2D eigenvalue weighted by molar-refractivity contribution is 5.73. The molecule has 6 heteroatoms. The highest BCUT2D eigenvalue weighted by Gasteiger charge is 2.26. The van der Waals surface area contributed by atoms with Crippen molar-refractivity contribution < 1.29 is 29.7 Å². The van der Waals surface area contributed by atoms with Gasteiger partial charge < -0.3 is 15.3 Å². The van der Waals surface area contributed by atoms with Gasteiger partial charge in [-0.2, -0.15) is 0 Å². The molecule has 0 aliphatic carbocycles. The van der Waals surface area contributed by atoms with Crippen molar-refractivity contribution in [2.75, 3.05) is 0 Å². The molecule has 86 valence electrons. The topological polar surface area (TPSA) is 112 Å². The molecule has 0 bridgehead atoms. The number of hydrogen-bond donors (Lipinski definition) is 3. The van der Waals surface area contributed by atoms with Gasteiger partial charge in [-0.25, -0.2) is 0 Å². The third kappa shape index (κ3) is 5.66. The first-order valence-electron chi connectivity index (χ1n) is 4.51. The minimum Gasteiger partial charge on any atom is -0.481 e. The zero-order valence-corrected chi connectivity index (χ0v) is 8.34. The molecule has 0 saturated heterocycles. The summed E-state index contributed by atoms with van der Waals surface area (Å²) < 4.78 is 0. The molecule has 2 unspecified atom stereocenters. The van der Waals surface area contributed by atoms with Gasteiger partial charge in [0.05, 0.1) is 5.92 Å². The molecular weight excluding hydrogens is 204 g/mol. The Morgan fingerprint density at radius 3 is 1.93 bits per heavy atom. The van der Waals surface area contributed by atoms with Crippen molar-refractivity contribution in [2.24, 2.45) is 11.8 Å². The van der Waals surface area contributed by atoms with E-state index in [0.717, 1.165) is 0 Å². The van der Waals surface area contributed by atoms with Crippen LogP contribution in [0.15, 0.2) is 0 Å². The van der Waals surface area contributed by atoms with Crippen LogP contribution in [-0.4, -0.2) is 33.2 Å². The van der Waals surface area contributed by atoms with E-state index in [-0.39, 0.29) is 19.3 Å². The molecule has 0 fully saturated rings. The van der Waals surface area contributed by atoms with Crippen molar-refractivity contribution in [3.05, 3.63) is 0 Å². The standard InChI is InChI=1S/C9H14O6/c1-5(9(14)15)6(4-8(12)13)2-3-7(10)11/h5-6H,2-4H2,1H3,(H,10,11)(H,12,13)(H,14,15). The van der Waals surface area contributed by atoms with E-state index in [1.54, 1.807) is 0 Å². The monoisotopic (exact) mass is 218 g/mol. The second-order valence-electron chi connectivity index (χ2n) is 3.42. The Balaban J connectivity index is 4.36. The lowest BCUT2D eigenvalue weighted by molar-refractivity contribution is -0.146. The molecule has 0 aliphatic heterocycles. The van der Waals surface area contributed by atoms with Crippen LogP contribution in [0.2, 0.25) is 0 Å². The molecular formula is C9H14O6. The molecule has 3 N–H and O–H groups in total. The van der Waals surface area contributed by atoms with Gasteiger partial charge in [0.15, 0.2) is 0 Å². The van der Waals surface area contributed by atoms with E-state index < -0.39 is 29.7 Å². The number of aliphatic carboxylic acids is 3. The summed E-state index contributed by atoms with van der Waals surface area (Å²) in [5, 5.41) is 25.7. The van der Waals surface area contributed by atoms with Crippen molar-refractivity contribution in [3.63, 3.8) is 0 Å². The molecule has 0 spiro atoms. The average Bonchev–Trinajstić information content (AvgIpc) is 2.10. The summed E-state index contributed by atoms with van der Waals surface area (Å²) in [5.41, 5.74) is 0. The van der Waals surface area contributed by atoms with Gasteiger partial charge in [0.25, 0.3) is 0 Å². The summed E-state index contributed by atoms with van der Waals surface area (Å²) in [6, 6.07) is 0. The first-order chi connectivity index (χ1) is 6.84. The van der Waals surface area contributed by atoms with E-state index in [0.29, 0.717) is 0 Å². The molecule has 2 atom stereocenters. The Labute approximate surface area is 86.5 Å². The normalized spacial score (nSPS) is 14.2. The Morgan fingerprint density at radius 1 is 1.07 bits per heavy atom. The van der Waals surface area contributed by atoms with Crippen LogP contribution in [0.25, 0.3) is 0 Å². The number of carbonyl (C=O) groups is 3. The summed E-state index contributed by atoms with van der Waals surface area (Å²) in [6.07, 6.45) is -0.467. The second-order valence-corrected chi connectivity index (χ2v) is 3.42. The van der Waals surface area contributed by atoms with Crippen LogP contribution in [0.5, 0.6) is 0 Å². The van der Waals surface area contributed by atoms with Crippen molar-refractivity contribution in [1.29, 1.82) is 0 Å². The zero-order chi connectivity index (χ0) is 12.0. The summed E-state index contributed by atoms with van der Waals surface area (Å²) in [4.78, 5) is 31.4. The fourth-order valence-electron chi connectivity index (χ4n) is 1.26. The quantitative estimate of drug-likeness (QED) is 0.578. The molecule has 0 aromatic heterocycles. The van der Waals surface area contributed by atoms with E-state index in [1.165, 1.54) is 6.92 Å². The van der Waals surface area contributed by atoms with E-state index in [1.807, 2.05) is 0 Å². The van der Waals surface area contributed by atoms with Crippen LogP contribution >= 0.6 is 0 Å². The highest BCUT2D eigenvalue weighted by atomic mass is 16.4. The van der Waals surface area contributed by atoms with Gasteiger partial charge >= 0.3 is 17.9 Å². The van der Waals surface area contributed by atoms with Crippen molar-refractivity contribution in [3.8, 4) is 0 Å². The van der Waals surface area contributed by atoms with Gasteiger partial charge in [0.1, 0.15) is 0 Å². The lowest BCUT2D eigenvalue weighted by Gasteiger charge is -2.17.